The van der Waals surface area contributed by atoms with Crippen LogP contribution in [0.4, 0.5) is 0 Å². The van der Waals surface area contributed by atoms with Crippen LogP contribution in [0.3, 0.4) is 0 Å². The summed E-state index contributed by atoms with van der Waals surface area (Å²) < 4.78 is 10.5. The molecule has 148 valence electrons. The molecule has 2 aromatic carbocycles. The number of aryl methyl sites for hydroxylation is 2. The third-order valence-corrected chi connectivity index (χ3v) is 4.96. The van der Waals surface area contributed by atoms with Gasteiger partial charge in [0.2, 0.25) is 0 Å². The molecule has 0 bridgehead atoms. The van der Waals surface area contributed by atoms with Gasteiger partial charge in [-0.1, -0.05) is 17.2 Å². The Balaban J connectivity index is 1.68. The number of ether oxygens (including phenoxy) is 2. The highest BCUT2D eigenvalue weighted by molar-refractivity contribution is 5.98. The van der Waals surface area contributed by atoms with Gasteiger partial charge in [0, 0.05) is 37.8 Å². The molecule has 2 amide bonds. The zero-order valence-corrected chi connectivity index (χ0v) is 16.8. The lowest BCUT2D eigenvalue weighted by atomic mass is 10.1. The highest BCUT2D eigenvalue weighted by Crippen LogP contribution is 2.26. The van der Waals surface area contributed by atoms with Crippen LogP contribution in [0.25, 0.3) is 0 Å². The molecule has 0 radical (unpaired) electrons. The fraction of sp³-hybridized carbons (Fsp3) is 0.364. The molecule has 0 N–H and O–H groups in total. The van der Waals surface area contributed by atoms with Crippen LogP contribution in [0, 0.1) is 13.8 Å². The SMILES string of the molecule is COc1ccc(C(=O)N2CCN(C(=O)c3cc(C)cc(C)c3)CC2)c(OC)c1. The Morgan fingerprint density at radius 3 is 1.89 bits per heavy atom. The standard InChI is InChI=1S/C22H26N2O4/c1-15-11-16(2)13-17(12-15)21(25)23-7-9-24(10-8-23)22(26)19-6-5-18(27-3)14-20(19)28-4/h5-6,11-14H,7-10H2,1-4H3. The molecule has 0 unspecified atom stereocenters. The van der Waals surface area contributed by atoms with Crippen molar-refractivity contribution in [3.05, 3.63) is 58.7 Å². The fourth-order valence-electron chi connectivity index (χ4n) is 3.54. The average Bonchev–Trinajstić information content (AvgIpc) is 2.71. The van der Waals surface area contributed by atoms with Crippen molar-refractivity contribution in [2.75, 3.05) is 40.4 Å². The normalized spacial score (nSPS) is 14.0. The second-order valence-corrected chi connectivity index (χ2v) is 7.03. The second kappa shape index (κ2) is 8.33. The van der Waals surface area contributed by atoms with Crippen molar-refractivity contribution in [3.8, 4) is 11.5 Å². The van der Waals surface area contributed by atoms with Crippen molar-refractivity contribution >= 4 is 11.8 Å². The third kappa shape index (κ3) is 4.11. The molecule has 0 spiro atoms. The molecule has 28 heavy (non-hydrogen) atoms. The van der Waals surface area contributed by atoms with E-state index in [1.54, 1.807) is 30.2 Å². The van der Waals surface area contributed by atoms with Gasteiger partial charge >= 0.3 is 0 Å². The molecule has 6 nitrogen and oxygen atoms in total. The van der Waals surface area contributed by atoms with Crippen LogP contribution in [-0.4, -0.2) is 62.0 Å². The summed E-state index contributed by atoms with van der Waals surface area (Å²) in [7, 11) is 3.11. The lowest BCUT2D eigenvalue weighted by Crippen LogP contribution is -2.50. The van der Waals surface area contributed by atoms with E-state index < -0.39 is 0 Å². The van der Waals surface area contributed by atoms with E-state index in [2.05, 4.69) is 6.07 Å². The molecule has 3 rings (SSSR count). The van der Waals surface area contributed by atoms with Crippen LogP contribution in [0.1, 0.15) is 31.8 Å². The Morgan fingerprint density at radius 2 is 1.36 bits per heavy atom. The van der Waals surface area contributed by atoms with Gasteiger partial charge in [-0.15, -0.1) is 0 Å². The molecule has 1 aliphatic heterocycles. The predicted octanol–water partition coefficient (Wildman–Crippen LogP) is 2.92. The van der Waals surface area contributed by atoms with Crippen molar-refractivity contribution in [2.45, 2.75) is 13.8 Å². The summed E-state index contributed by atoms with van der Waals surface area (Å²) in [6, 6.07) is 11.0. The Labute approximate surface area is 165 Å². The van der Waals surface area contributed by atoms with E-state index in [1.165, 1.54) is 7.11 Å². The molecule has 6 heteroatoms. The van der Waals surface area contributed by atoms with E-state index in [4.69, 9.17) is 9.47 Å². The van der Waals surface area contributed by atoms with E-state index in [1.807, 2.05) is 30.9 Å². The summed E-state index contributed by atoms with van der Waals surface area (Å²) in [6.07, 6.45) is 0. The van der Waals surface area contributed by atoms with Crippen LogP contribution in [-0.2, 0) is 0 Å². The first kappa shape index (κ1) is 19.7. The smallest absolute Gasteiger partial charge is 0.257 e. The van der Waals surface area contributed by atoms with E-state index in [9.17, 15) is 9.59 Å². The summed E-state index contributed by atoms with van der Waals surface area (Å²) in [5, 5.41) is 0. The number of nitrogens with zero attached hydrogens (tertiary/aromatic N) is 2. The lowest BCUT2D eigenvalue weighted by molar-refractivity contribution is 0.0533. The monoisotopic (exact) mass is 382 g/mol. The van der Waals surface area contributed by atoms with Gasteiger partial charge in [-0.25, -0.2) is 0 Å². The highest BCUT2D eigenvalue weighted by Gasteiger charge is 2.27. The van der Waals surface area contributed by atoms with E-state index in [-0.39, 0.29) is 11.8 Å². The molecule has 0 atom stereocenters. The Morgan fingerprint density at radius 1 is 0.786 bits per heavy atom. The first-order chi connectivity index (χ1) is 13.4. The number of piperazine rings is 1. The Kier molecular flexibility index (Phi) is 5.87. The maximum atomic E-state index is 12.9. The van der Waals surface area contributed by atoms with Gasteiger partial charge < -0.3 is 19.3 Å². The van der Waals surface area contributed by atoms with Crippen molar-refractivity contribution in [1.29, 1.82) is 0 Å². The zero-order valence-electron chi connectivity index (χ0n) is 16.8. The Bertz CT molecular complexity index is 866. The minimum absolute atomic E-state index is 0.0147. The first-order valence-electron chi connectivity index (χ1n) is 9.32. The number of rotatable bonds is 4. The minimum Gasteiger partial charge on any atom is -0.497 e. The maximum Gasteiger partial charge on any atom is 0.257 e. The number of methoxy groups -OCH3 is 2. The predicted molar refractivity (Wildman–Crippen MR) is 107 cm³/mol. The van der Waals surface area contributed by atoms with E-state index >= 15 is 0 Å². The van der Waals surface area contributed by atoms with Crippen LogP contribution >= 0.6 is 0 Å². The largest absolute Gasteiger partial charge is 0.497 e. The van der Waals surface area contributed by atoms with Crippen molar-refractivity contribution in [2.24, 2.45) is 0 Å². The van der Waals surface area contributed by atoms with E-state index in [0.717, 1.165) is 11.1 Å². The molecule has 2 aromatic rings. The summed E-state index contributed by atoms with van der Waals surface area (Å²) in [4.78, 5) is 29.3. The quantitative estimate of drug-likeness (QED) is 0.816. The minimum atomic E-state index is -0.0991. The van der Waals surface area contributed by atoms with Gasteiger partial charge in [0.05, 0.1) is 19.8 Å². The molecule has 1 fully saturated rings. The van der Waals surface area contributed by atoms with E-state index in [0.29, 0.717) is 48.8 Å². The lowest BCUT2D eigenvalue weighted by Gasteiger charge is -2.35. The highest BCUT2D eigenvalue weighted by atomic mass is 16.5. The fourth-order valence-corrected chi connectivity index (χ4v) is 3.54. The van der Waals surface area contributed by atoms with Crippen LogP contribution in [0.5, 0.6) is 11.5 Å². The molecular weight excluding hydrogens is 356 g/mol. The Hall–Kier alpha value is -3.02. The van der Waals surface area contributed by atoms with Gasteiger partial charge in [-0.2, -0.15) is 0 Å². The van der Waals surface area contributed by atoms with Crippen LogP contribution in [0.15, 0.2) is 36.4 Å². The first-order valence-corrected chi connectivity index (χ1v) is 9.32. The van der Waals surface area contributed by atoms with Crippen molar-refractivity contribution in [1.82, 2.24) is 9.80 Å². The van der Waals surface area contributed by atoms with Gasteiger partial charge in [-0.05, 0) is 38.1 Å². The molecule has 0 saturated carbocycles. The summed E-state index contributed by atoms with van der Waals surface area (Å²) in [6.45, 7) is 5.98. The van der Waals surface area contributed by atoms with Gasteiger partial charge in [-0.3, -0.25) is 9.59 Å². The molecule has 0 aliphatic carbocycles. The molecular formula is C22H26N2O4. The number of hydrogen-bond donors (Lipinski definition) is 0. The topological polar surface area (TPSA) is 59.1 Å². The molecule has 1 saturated heterocycles. The number of carbonyl (C=O) groups excluding carboxylic acids is 2. The van der Waals surface area contributed by atoms with Crippen LogP contribution in [0.2, 0.25) is 0 Å². The van der Waals surface area contributed by atoms with Crippen LogP contribution < -0.4 is 9.47 Å². The summed E-state index contributed by atoms with van der Waals surface area (Å²) >= 11 is 0. The summed E-state index contributed by atoms with van der Waals surface area (Å²) in [5.74, 6) is 1.04. The zero-order chi connectivity index (χ0) is 20.3. The number of hydrogen-bond acceptors (Lipinski definition) is 4. The molecule has 0 aromatic heterocycles. The summed E-state index contributed by atoms with van der Waals surface area (Å²) in [5.41, 5.74) is 3.35. The maximum absolute atomic E-state index is 12.9. The average molecular weight is 382 g/mol. The number of carbonyl (C=O) groups is 2. The number of benzene rings is 2. The van der Waals surface area contributed by atoms with Gasteiger partial charge in [0.15, 0.2) is 0 Å². The van der Waals surface area contributed by atoms with Gasteiger partial charge in [0.25, 0.3) is 11.8 Å². The second-order valence-electron chi connectivity index (χ2n) is 7.03. The number of amides is 2. The molecule has 1 heterocycles. The molecule has 1 aliphatic rings. The van der Waals surface area contributed by atoms with Gasteiger partial charge in [0.1, 0.15) is 11.5 Å². The van der Waals surface area contributed by atoms with Crippen molar-refractivity contribution < 1.29 is 19.1 Å². The van der Waals surface area contributed by atoms with Crippen molar-refractivity contribution in [3.63, 3.8) is 0 Å². The third-order valence-electron chi connectivity index (χ3n) is 4.96.